The van der Waals surface area contributed by atoms with E-state index in [2.05, 4.69) is 9.12 Å². The second-order valence-electron chi connectivity index (χ2n) is 4.91. The van der Waals surface area contributed by atoms with Crippen molar-refractivity contribution in [3.8, 4) is 5.75 Å². The first-order valence-electron chi connectivity index (χ1n) is 6.52. The number of benzene rings is 1. The zero-order valence-corrected chi connectivity index (χ0v) is 11.3. The van der Waals surface area contributed by atoms with Crippen molar-refractivity contribution in [2.45, 2.75) is 38.2 Å². The molecule has 0 atom stereocenters. The fraction of sp³-hybridized carbons (Fsp3) is 0.462. The van der Waals surface area contributed by atoms with Crippen LogP contribution < -0.4 is 9.46 Å². The molecule has 1 aliphatic heterocycles. The van der Waals surface area contributed by atoms with Crippen LogP contribution in [0.5, 0.6) is 5.75 Å². The molecule has 6 heteroatoms. The average Bonchev–Trinajstić information content (AvgIpc) is 2.39. The molecule has 2 aliphatic rings. The largest absolute Gasteiger partial charge is 0.490 e. The zero-order valence-electron chi connectivity index (χ0n) is 10.5. The highest BCUT2D eigenvalue weighted by Crippen LogP contribution is 2.31. The van der Waals surface area contributed by atoms with E-state index in [1.165, 1.54) is 25.5 Å². The highest BCUT2D eigenvalue weighted by atomic mass is 32.2. The van der Waals surface area contributed by atoms with Gasteiger partial charge in [0.05, 0.1) is 23.6 Å². The average molecular weight is 280 g/mol. The van der Waals surface area contributed by atoms with E-state index in [1.54, 1.807) is 12.1 Å². The van der Waals surface area contributed by atoms with Gasteiger partial charge < -0.3 is 4.74 Å². The van der Waals surface area contributed by atoms with Gasteiger partial charge in [0.25, 0.3) is 0 Å². The van der Waals surface area contributed by atoms with E-state index in [9.17, 15) is 8.42 Å². The molecule has 1 aliphatic carbocycles. The number of hydrogen-bond donors (Lipinski definition) is 1. The molecule has 19 heavy (non-hydrogen) atoms. The minimum absolute atomic E-state index is 0.229. The summed E-state index contributed by atoms with van der Waals surface area (Å²) in [5, 5.41) is 0. The van der Waals surface area contributed by atoms with Crippen LogP contribution >= 0.6 is 0 Å². The molecule has 1 fully saturated rings. The van der Waals surface area contributed by atoms with Gasteiger partial charge in [0.15, 0.2) is 0 Å². The predicted molar refractivity (Wildman–Crippen MR) is 74.1 cm³/mol. The van der Waals surface area contributed by atoms with Crippen LogP contribution in [-0.2, 0) is 10.2 Å². The molecule has 1 aromatic rings. The zero-order chi connectivity index (χ0) is 13.3. The van der Waals surface area contributed by atoms with Crippen molar-refractivity contribution < 1.29 is 13.2 Å². The lowest BCUT2D eigenvalue weighted by Crippen LogP contribution is -2.22. The van der Waals surface area contributed by atoms with Crippen LogP contribution in [0.15, 0.2) is 22.6 Å². The van der Waals surface area contributed by atoms with E-state index in [4.69, 9.17) is 4.74 Å². The van der Waals surface area contributed by atoms with Crippen molar-refractivity contribution in [2.24, 2.45) is 4.40 Å². The lowest BCUT2D eigenvalue weighted by atomic mass is 9.97. The van der Waals surface area contributed by atoms with Crippen LogP contribution in [0.25, 0.3) is 0 Å². The summed E-state index contributed by atoms with van der Waals surface area (Å²) in [6, 6.07) is 5.36. The molecule has 3 rings (SSSR count). The minimum atomic E-state index is -3.58. The van der Waals surface area contributed by atoms with Crippen molar-refractivity contribution >= 4 is 22.1 Å². The monoisotopic (exact) mass is 280 g/mol. The Labute approximate surface area is 112 Å². The molecule has 1 heterocycles. The third-order valence-electron chi connectivity index (χ3n) is 3.47. The van der Waals surface area contributed by atoms with Gasteiger partial charge in [-0.05, 0) is 37.8 Å². The van der Waals surface area contributed by atoms with E-state index < -0.39 is 10.2 Å². The van der Waals surface area contributed by atoms with Crippen LogP contribution in [0, 0.1) is 0 Å². The Hall–Kier alpha value is -1.56. The minimum Gasteiger partial charge on any atom is -0.490 e. The lowest BCUT2D eigenvalue weighted by Gasteiger charge is -2.25. The summed E-state index contributed by atoms with van der Waals surface area (Å²) in [6.45, 7) is 0. The first-order chi connectivity index (χ1) is 9.14. The molecule has 0 unspecified atom stereocenters. The fourth-order valence-electron chi connectivity index (χ4n) is 2.52. The molecule has 0 saturated heterocycles. The Kier molecular flexibility index (Phi) is 3.18. The van der Waals surface area contributed by atoms with Gasteiger partial charge in [-0.3, -0.25) is 4.72 Å². The van der Waals surface area contributed by atoms with Crippen LogP contribution in [0.1, 0.15) is 37.7 Å². The van der Waals surface area contributed by atoms with Crippen LogP contribution in [0.4, 0.5) is 5.69 Å². The summed E-state index contributed by atoms with van der Waals surface area (Å²) >= 11 is 0. The molecule has 0 amide bonds. The SMILES string of the molecule is O=S1(=O)N=Cc2c(cccc2OC2CCCCC2)N1. The summed E-state index contributed by atoms with van der Waals surface area (Å²) in [5.74, 6) is 0.704. The highest BCUT2D eigenvalue weighted by molar-refractivity contribution is 7.91. The molecule has 0 radical (unpaired) electrons. The van der Waals surface area contributed by atoms with Gasteiger partial charge in [-0.1, -0.05) is 12.5 Å². The van der Waals surface area contributed by atoms with E-state index in [1.807, 2.05) is 6.07 Å². The molecule has 5 nitrogen and oxygen atoms in total. The summed E-state index contributed by atoms with van der Waals surface area (Å²) in [4.78, 5) is 0. The standard InChI is InChI=1S/C13H16N2O3S/c16-19(17)14-9-11-12(15-19)7-4-8-13(11)18-10-5-2-1-3-6-10/h4,7-10,15H,1-3,5-6H2. The first-order valence-corrected chi connectivity index (χ1v) is 7.96. The third-order valence-corrected chi connectivity index (χ3v) is 4.33. The Morgan fingerprint density at radius 2 is 2.00 bits per heavy atom. The normalized spacial score (nSPS) is 21.5. The first kappa shape index (κ1) is 12.5. The highest BCUT2D eigenvalue weighted by Gasteiger charge is 2.21. The number of anilines is 1. The maximum Gasteiger partial charge on any atom is 0.342 e. The van der Waals surface area contributed by atoms with E-state index >= 15 is 0 Å². The molecular formula is C13H16N2O3S. The molecule has 1 aromatic carbocycles. The molecular weight excluding hydrogens is 264 g/mol. The Morgan fingerprint density at radius 3 is 2.79 bits per heavy atom. The molecule has 0 bridgehead atoms. The molecule has 1 saturated carbocycles. The summed E-state index contributed by atoms with van der Waals surface area (Å²) in [6.07, 6.45) is 7.37. The van der Waals surface area contributed by atoms with Gasteiger partial charge in [-0.2, -0.15) is 12.8 Å². The van der Waals surface area contributed by atoms with Gasteiger partial charge in [0.2, 0.25) is 0 Å². The van der Waals surface area contributed by atoms with Gasteiger partial charge in [0, 0.05) is 0 Å². The third kappa shape index (κ3) is 2.73. The van der Waals surface area contributed by atoms with Crippen molar-refractivity contribution in [3.63, 3.8) is 0 Å². The number of fused-ring (bicyclic) bond motifs is 1. The Bertz CT molecular complexity index is 604. The second-order valence-corrected chi connectivity index (χ2v) is 6.27. The summed E-state index contributed by atoms with van der Waals surface area (Å²) in [7, 11) is -3.58. The van der Waals surface area contributed by atoms with Gasteiger partial charge >= 0.3 is 10.2 Å². The van der Waals surface area contributed by atoms with E-state index in [0.717, 1.165) is 12.8 Å². The van der Waals surface area contributed by atoms with E-state index in [0.29, 0.717) is 17.0 Å². The Morgan fingerprint density at radius 1 is 1.21 bits per heavy atom. The van der Waals surface area contributed by atoms with Crippen molar-refractivity contribution in [1.82, 2.24) is 0 Å². The van der Waals surface area contributed by atoms with Crippen molar-refractivity contribution in [1.29, 1.82) is 0 Å². The summed E-state index contributed by atoms with van der Waals surface area (Å²) < 4.78 is 34.6. The quantitative estimate of drug-likeness (QED) is 0.905. The van der Waals surface area contributed by atoms with Crippen LogP contribution in [0.2, 0.25) is 0 Å². The maximum absolute atomic E-state index is 11.4. The topological polar surface area (TPSA) is 67.8 Å². The number of rotatable bonds is 2. The van der Waals surface area contributed by atoms with Crippen LogP contribution in [0.3, 0.4) is 0 Å². The maximum atomic E-state index is 11.4. The fourth-order valence-corrected chi connectivity index (χ4v) is 3.27. The molecule has 0 spiro atoms. The predicted octanol–water partition coefficient (Wildman–Crippen LogP) is 2.49. The summed E-state index contributed by atoms with van der Waals surface area (Å²) in [5.41, 5.74) is 1.24. The van der Waals surface area contributed by atoms with Gasteiger partial charge in [-0.15, -0.1) is 0 Å². The van der Waals surface area contributed by atoms with Crippen molar-refractivity contribution in [2.75, 3.05) is 4.72 Å². The molecule has 1 N–H and O–H groups in total. The lowest BCUT2D eigenvalue weighted by molar-refractivity contribution is 0.155. The van der Waals surface area contributed by atoms with Crippen molar-refractivity contribution in [3.05, 3.63) is 23.8 Å². The second kappa shape index (κ2) is 4.85. The van der Waals surface area contributed by atoms with Gasteiger partial charge in [-0.25, -0.2) is 0 Å². The van der Waals surface area contributed by atoms with Crippen LogP contribution in [-0.4, -0.2) is 20.7 Å². The van der Waals surface area contributed by atoms with Gasteiger partial charge in [0.1, 0.15) is 5.75 Å². The molecule has 102 valence electrons. The molecule has 0 aromatic heterocycles. The van der Waals surface area contributed by atoms with E-state index in [-0.39, 0.29) is 6.10 Å². The number of ether oxygens (including phenoxy) is 1. The number of nitrogens with one attached hydrogen (secondary N) is 1. The number of hydrogen-bond acceptors (Lipinski definition) is 3. The Balaban J connectivity index is 1.87. The number of nitrogens with zero attached hydrogens (tertiary/aromatic N) is 1. The smallest absolute Gasteiger partial charge is 0.342 e.